The highest BCUT2D eigenvalue weighted by atomic mass is 19.4. The first-order chi connectivity index (χ1) is 16.2. The molecule has 2 atom stereocenters. The third-order valence-electron chi connectivity index (χ3n) is 5.99. The fourth-order valence-electron chi connectivity index (χ4n) is 4.24. The minimum atomic E-state index is -4.52. The second-order valence-corrected chi connectivity index (χ2v) is 8.19. The van der Waals surface area contributed by atoms with Gasteiger partial charge in [-0.05, 0) is 37.3 Å². The van der Waals surface area contributed by atoms with Crippen molar-refractivity contribution in [1.29, 1.82) is 0 Å². The second kappa shape index (κ2) is 9.43. The highest BCUT2D eigenvalue weighted by Gasteiger charge is 2.35. The van der Waals surface area contributed by atoms with Gasteiger partial charge in [-0.3, -0.25) is 4.79 Å². The van der Waals surface area contributed by atoms with Crippen molar-refractivity contribution in [3.8, 4) is 5.69 Å². The number of hydrogen-bond donors (Lipinski definition) is 0. The molecule has 0 aliphatic carbocycles. The van der Waals surface area contributed by atoms with Gasteiger partial charge in [0.05, 0.1) is 23.5 Å². The van der Waals surface area contributed by atoms with E-state index < -0.39 is 29.3 Å². The van der Waals surface area contributed by atoms with Gasteiger partial charge in [-0.25, -0.2) is 18.7 Å². The van der Waals surface area contributed by atoms with Gasteiger partial charge in [0.2, 0.25) is 0 Å². The SMILES string of the molecule is C[C@@H]1CCCN(C(=O)c2ccc(F)c(F)c2-n2nccn2)[C@@H]1CCc1ncc(C(F)(F)F)cn1. The first kappa shape index (κ1) is 23.7. The van der Waals surface area contributed by atoms with E-state index in [1.807, 2.05) is 6.92 Å². The number of nitrogens with zero attached hydrogens (tertiary/aromatic N) is 6. The van der Waals surface area contributed by atoms with Crippen LogP contribution in [-0.4, -0.2) is 48.4 Å². The molecule has 1 aliphatic heterocycles. The molecule has 4 rings (SSSR count). The van der Waals surface area contributed by atoms with Crippen LogP contribution in [0.1, 0.15) is 47.9 Å². The third kappa shape index (κ3) is 4.75. The zero-order valence-electron chi connectivity index (χ0n) is 18.1. The number of carbonyl (C=O) groups is 1. The molecule has 0 saturated carbocycles. The van der Waals surface area contributed by atoms with Crippen LogP contribution in [0.4, 0.5) is 22.0 Å². The van der Waals surface area contributed by atoms with Gasteiger partial charge in [0, 0.05) is 31.4 Å². The molecule has 1 aromatic carbocycles. The van der Waals surface area contributed by atoms with Crippen LogP contribution in [0.5, 0.6) is 0 Å². The lowest BCUT2D eigenvalue weighted by molar-refractivity contribution is -0.138. The summed E-state index contributed by atoms with van der Waals surface area (Å²) in [7, 11) is 0. The monoisotopic (exact) mass is 480 g/mol. The average Bonchev–Trinajstić information content (AvgIpc) is 3.33. The van der Waals surface area contributed by atoms with Crippen molar-refractivity contribution in [3.63, 3.8) is 0 Å². The topological polar surface area (TPSA) is 76.8 Å². The number of piperidine rings is 1. The van der Waals surface area contributed by atoms with E-state index in [-0.39, 0.29) is 35.5 Å². The standard InChI is InChI=1S/C22H21F5N6O/c1-13-3-2-10-32(17(13)6-7-18-28-11-14(12-29-18)22(25,26)27)21(34)15-4-5-16(23)19(24)20(15)33-30-8-9-31-33/h4-5,8-9,11-13,17H,2-3,6-7,10H2,1H3/t13-,17-/m1/s1. The Morgan fingerprint density at radius 1 is 1.12 bits per heavy atom. The highest BCUT2D eigenvalue weighted by molar-refractivity contribution is 5.98. The van der Waals surface area contributed by atoms with E-state index in [9.17, 15) is 26.7 Å². The van der Waals surface area contributed by atoms with Gasteiger partial charge in [-0.15, -0.1) is 4.80 Å². The summed E-state index contributed by atoms with van der Waals surface area (Å²) in [4.78, 5) is 23.6. The quantitative estimate of drug-likeness (QED) is 0.511. The summed E-state index contributed by atoms with van der Waals surface area (Å²) >= 11 is 0. The van der Waals surface area contributed by atoms with Crippen LogP contribution >= 0.6 is 0 Å². The van der Waals surface area contributed by atoms with Crippen molar-refractivity contribution in [2.45, 2.75) is 44.8 Å². The van der Waals surface area contributed by atoms with Gasteiger partial charge >= 0.3 is 6.18 Å². The summed E-state index contributed by atoms with van der Waals surface area (Å²) in [5.74, 6) is -2.57. The van der Waals surface area contributed by atoms with Crippen molar-refractivity contribution in [2.75, 3.05) is 6.54 Å². The molecule has 12 heteroatoms. The fourth-order valence-corrected chi connectivity index (χ4v) is 4.24. The van der Waals surface area contributed by atoms with E-state index in [0.29, 0.717) is 13.0 Å². The summed E-state index contributed by atoms with van der Waals surface area (Å²) in [6.45, 7) is 2.37. The zero-order valence-corrected chi connectivity index (χ0v) is 18.1. The molecule has 1 saturated heterocycles. The molecule has 1 amide bonds. The van der Waals surface area contributed by atoms with Crippen molar-refractivity contribution in [2.24, 2.45) is 5.92 Å². The van der Waals surface area contributed by atoms with Crippen LogP contribution in [0.3, 0.4) is 0 Å². The molecule has 180 valence electrons. The van der Waals surface area contributed by atoms with Gasteiger partial charge in [0.15, 0.2) is 11.6 Å². The minimum absolute atomic E-state index is 0.0729. The van der Waals surface area contributed by atoms with Gasteiger partial charge in [0.25, 0.3) is 5.91 Å². The van der Waals surface area contributed by atoms with Crippen LogP contribution in [0.2, 0.25) is 0 Å². The molecule has 34 heavy (non-hydrogen) atoms. The number of aromatic nitrogens is 5. The molecule has 1 fully saturated rings. The predicted molar refractivity (Wildman–Crippen MR) is 110 cm³/mol. The third-order valence-corrected chi connectivity index (χ3v) is 5.99. The molecule has 3 heterocycles. The molecule has 1 aliphatic rings. The van der Waals surface area contributed by atoms with Crippen LogP contribution in [0.25, 0.3) is 5.69 Å². The van der Waals surface area contributed by atoms with Gasteiger partial charge in [0.1, 0.15) is 11.5 Å². The Morgan fingerprint density at radius 3 is 2.44 bits per heavy atom. The van der Waals surface area contributed by atoms with Crippen LogP contribution in [0, 0.1) is 17.6 Å². The van der Waals surface area contributed by atoms with Gasteiger partial charge in [-0.2, -0.15) is 23.4 Å². The van der Waals surface area contributed by atoms with E-state index in [2.05, 4.69) is 20.2 Å². The molecule has 0 unspecified atom stereocenters. The van der Waals surface area contributed by atoms with Gasteiger partial charge < -0.3 is 4.90 Å². The molecule has 0 spiro atoms. The first-order valence-corrected chi connectivity index (χ1v) is 10.7. The fraction of sp³-hybridized carbons (Fsp3) is 0.409. The van der Waals surface area contributed by atoms with Crippen molar-refractivity contribution in [3.05, 3.63) is 65.5 Å². The summed E-state index contributed by atoms with van der Waals surface area (Å²) in [6, 6.07) is 1.79. The van der Waals surface area contributed by atoms with Crippen LogP contribution in [-0.2, 0) is 12.6 Å². The summed E-state index contributed by atoms with van der Waals surface area (Å²) < 4.78 is 66.9. The second-order valence-electron chi connectivity index (χ2n) is 8.19. The zero-order chi connectivity index (χ0) is 24.5. The smallest absolute Gasteiger partial charge is 0.335 e. The Balaban J connectivity index is 1.58. The number of aryl methyl sites for hydroxylation is 1. The minimum Gasteiger partial charge on any atom is -0.335 e. The normalized spacial score (nSPS) is 18.8. The number of benzene rings is 1. The number of rotatable bonds is 5. The number of halogens is 5. The first-order valence-electron chi connectivity index (χ1n) is 10.7. The average molecular weight is 480 g/mol. The highest BCUT2D eigenvalue weighted by Crippen LogP contribution is 2.31. The molecular weight excluding hydrogens is 459 g/mol. The number of carbonyl (C=O) groups excluding carboxylic acids is 1. The number of likely N-dealkylation sites (tertiary alicyclic amines) is 1. The number of alkyl halides is 3. The molecule has 3 aromatic rings. The Morgan fingerprint density at radius 2 is 1.79 bits per heavy atom. The van der Waals surface area contributed by atoms with Crippen molar-refractivity contribution in [1.82, 2.24) is 29.9 Å². The molecule has 0 bridgehead atoms. The van der Waals surface area contributed by atoms with E-state index in [1.165, 1.54) is 18.5 Å². The van der Waals surface area contributed by atoms with E-state index >= 15 is 0 Å². The van der Waals surface area contributed by atoms with Crippen molar-refractivity contribution >= 4 is 5.91 Å². The Bertz CT molecular complexity index is 1150. The lowest BCUT2D eigenvalue weighted by Crippen LogP contribution is -2.48. The van der Waals surface area contributed by atoms with E-state index in [4.69, 9.17) is 0 Å². The largest absolute Gasteiger partial charge is 0.419 e. The number of amides is 1. The maximum atomic E-state index is 14.7. The molecule has 2 aromatic heterocycles. The summed E-state index contributed by atoms with van der Waals surface area (Å²) in [5, 5.41) is 7.68. The van der Waals surface area contributed by atoms with E-state index in [1.54, 1.807) is 4.90 Å². The Kier molecular flexibility index (Phi) is 6.58. The predicted octanol–water partition coefficient (Wildman–Crippen LogP) is 4.23. The molecule has 0 N–H and O–H groups in total. The van der Waals surface area contributed by atoms with Gasteiger partial charge in [-0.1, -0.05) is 6.92 Å². The molecule has 7 nitrogen and oxygen atoms in total. The van der Waals surface area contributed by atoms with Crippen LogP contribution < -0.4 is 0 Å². The summed E-state index contributed by atoms with van der Waals surface area (Å²) in [6.07, 6.45) is 1.74. The Labute approximate surface area is 191 Å². The Hall–Kier alpha value is -3.44. The maximum absolute atomic E-state index is 14.7. The lowest BCUT2D eigenvalue weighted by atomic mass is 9.87. The summed E-state index contributed by atoms with van der Waals surface area (Å²) in [5.41, 5.74) is -1.39. The molecule has 0 radical (unpaired) electrons. The van der Waals surface area contributed by atoms with Crippen LogP contribution in [0.15, 0.2) is 36.9 Å². The van der Waals surface area contributed by atoms with Crippen molar-refractivity contribution < 1.29 is 26.7 Å². The lowest BCUT2D eigenvalue weighted by Gasteiger charge is -2.40. The molecular formula is C22H21F5N6O. The maximum Gasteiger partial charge on any atom is 0.419 e. The number of hydrogen-bond acceptors (Lipinski definition) is 5. The van der Waals surface area contributed by atoms with E-state index in [0.717, 1.165) is 36.1 Å².